The summed E-state index contributed by atoms with van der Waals surface area (Å²) in [5.41, 5.74) is 0. The number of unbranched alkanes of at least 4 members (excludes halogenated alkanes) is 24. The summed E-state index contributed by atoms with van der Waals surface area (Å²) in [6.07, 6.45) is 50.7. The van der Waals surface area contributed by atoms with Crippen molar-refractivity contribution in [2.75, 3.05) is 11.5 Å². The summed E-state index contributed by atoms with van der Waals surface area (Å²) >= 11 is 3.98. The van der Waals surface area contributed by atoms with E-state index in [9.17, 15) is 0 Å². The maximum atomic E-state index is 2.84. The van der Waals surface area contributed by atoms with Crippen LogP contribution in [-0.4, -0.2) is 48.3 Å². The van der Waals surface area contributed by atoms with Gasteiger partial charge in [-0.1, -0.05) is 52.4 Å². The van der Waals surface area contributed by atoms with Crippen LogP contribution in [0.2, 0.25) is 26.6 Å². The molecule has 64 heavy (non-hydrogen) atoms. The van der Waals surface area contributed by atoms with Gasteiger partial charge in [-0.25, -0.2) is 0 Å². The van der Waals surface area contributed by atoms with Crippen LogP contribution in [0.5, 0.6) is 0 Å². The normalized spacial score (nSPS) is 12.4. The average Bonchev–Trinajstić information content (AvgIpc) is 3.93. The van der Waals surface area contributed by atoms with E-state index >= 15 is 0 Å². The van der Waals surface area contributed by atoms with Crippen molar-refractivity contribution in [3.63, 3.8) is 0 Å². The van der Waals surface area contributed by atoms with Crippen molar-refractivity contribution in [1.29, 1.82) is 0 Å². The minimum absolute atomic E-state index is 1.29. The Morgan fingerprint density at radius 3 is 0.812 bits per heavy atom. The van der Waals surface area contributed by atoms with Gasteiger partial charge in [-0.05, 0) is 0 Å². The molecule has 0 unspecified atom stereocenters. The quantitative estimate of drug-likeness (QED) is 0.0368. The summed E-state index contributed by atoms with van der Waals surface area (Å²) in [6.45, 7) is 19.3. The van der Waals surface area contributed by atoms with E-state index in [1.165, 1.54) is 217 Å². The molecule has 372 valence electrons. The van der Waals surface area contributed by atoms with E-state index in [1.54, 1.807) is 46.2 Å². The van der Waals surface area contributed by atoms with Crippen LogP contribution in [0.1, 0.15) is 271 Å². The van der Waals surface area contributed by atoms with Gasteiger partial charge in [-0.2, -0.15) is 0 Å². The van der Waals surface area contributed by atoms with Gasteiger partial charge in [0, 0.05) is 0 Å². The third-order valence-electron chi connectivity index (χ3n) is 14.4. The van der Waals surface area contributed by atoms with E-state index in [0.29, 0.717) is 0 Å². The molecule has 0 aliphatic rings. The average molecular weight is 1170 g/mol. The van der Waals surface area contributed by atoms with E-state index < -0.39 is 36.8 Å². The van der Waals surface area contributed by atoms with Crippen LogP contribution in [0.4, 0.5) is 0 Å². The Bertz CT molecular complexity index is 1230. The minimum Gasteiger partial charge on any atom is -0.0654 e. The van der Waals surface area contributed by atoms with Crippen LogP contribution >= 0.6 is 46.2 Å². The van der Waals surface area contributed by atoms with Gasteiger partial charge in [0.2, 0.25) is 0 Å². The topological polar surface area (TPSA) is 0 Å². The van der Waals surface area contributed by atoms with E-state index in [1.807, 2.05) is 5.79 Å². The first-order chi connectivity index (χ1) is 31.4. The Labute approximate surface area is 427 Å². The summed E-state index contributed by atoms with van der Waals surface area (Å²) in [4.78, 5) is 6.54. The Hall–Kier alpha value is 1.44. The van der Waals surface area contributed by atoms with Gasteiger partial charge in [-0.15, -0.1) is 0 Å². The molecule has 0 atom stereocenters. The number of hydrogen-bond acceptors (Lipinski definition) is 4. The number of hydrogen-bond donors (Lipinski definition) is 0. The van der Waals surface area contributed by atoms with E-state index in [2.05, 4.69) is 126 Å². The van der Waals surface area contributed by atoms with Crippen molar-refractivity contribution in [3.8, 4) is 0 Å². The van der Waals surface area contributed by atoms with Crippen molar-refractivity contribution in [1.82, 2.24) is 0 Å². The third kappa shape index (κ3) is 25.5. The molecule has 6 heteroatoms. The Balaban J connectivity index is 2.48. The second-order valence-corrected chi connectivity index (χ2v) is 53.0. The van der Waals surface area contributed by atoms with E-state index in [-0.39, 0.29) is 0 Å². The summed E-state index contributed by atoms with van der Waals surface area (Å²) in [5.74, 6) is 2.59. The smallest absolute Gasteiger partial charge is 0.0654 e. The molecular formula is C58H108S4Sn2. The molecule has 0 aliphatic carbocycles. The zero-order valence-electron chi connectivity index (χ0n) is 44.2. The molecule has 0 spiro atoms. The SMILES string of the molecule is CCCCCCCCCCCCSc1c[c]([Sn]([CH2]CCC)([CH2]CCC)[CH2]CCC)sc1/C=C/c1s[c]([Sn]([CH2]CCC)([CH2]CCC)[CH2]CCC)cc1SCCCCCCCCCCCC. The van der Waals surface area contributed by atoms with Crippen LogP contribution in [0.3, 0.4) is 0 Å². The second kappa shape index (κ2) is 41.1. The molecule has 0 nitrogen and oxygen atoms in total. The van der Waals surface area contributed by atoms with Crippen molar-refractivity contribution >= 4 is 101 Å². The molecule has 0 bridgehead atoms. The van der Waals surface area contributed by atoms with Gasteiger partial charge in [0.25, 0.3) is 0 Å². The standard InChI is InChI=1S/C34H54S4.6C4H9.2Sn/c1-3-5-7-9-11-13-15-17-19-21-27-35-33-25-29-37-31(33)23-24-32-34(26-30-38-32)36-28-22-20-18-16-14-12-10-8-6-4-2;6*1-3-4-2;;/h23-26H,3-22,27-28H2,1-2H3;6*1,3-4H2,2H3;;/b24-23+;;;;;;;;. The van der Waals surface area contributed by atoms with Crippen molar-refractivity contribution < 1.29 is 0 Å². The zero-order valence-corrected chi connectivity index (χ0v) is 53.2. The molecule has 0 saturated heterocycles. The van der Waals surface area contributed by atoms with E-state index in [4.69, 9.17) is 0 Å². The molecule has 0 amide bonds. The fourth-order valence-electron chi connectivity index (χ4n) is 10.0. The first kappa shape index (κ1) is 61.6. The van der Waals surface area contributed by atoms with Crippen LogP contribution < -0.4 is 5.79 Å². The molecular weight excluding hydrogens is 1060 g/mol. The predicted molar refractivity (Wildman–Crippen MR) is 312 cm³/mol. The minimum atomic E-state index is -2.55. The molecule has 0 aromatic carbocycles. The fourth-order valence-corrected chi connectivity index (χ4v) is 53.6. The molecule has 2 rings (SSSR count). The van der Waals surface area contributed by atoms with Crippen LogP contribution in [0, 0.1) is 0 Å². The molecule has 0 radical (unpaired) electrons. The Kier molecular flexibility index (Phi) is 39.5. The number of thioether (sulfide) groups is 2. The van der Waals surface area contributed by atoms with Crippen LogP contribution in [-0.2, 0) is 0 Å². The van der Waals surface area contributed by atoms with Crippen molar-refractivity contribution in [2.24, 2.45) is 0 Å². The third-order valence-corrected chi connectivity index (χ3v) is 55.6. The van der Waals surface area contributed by atoms with Crippen LogP contribution in [0.15, 0.2) is 21.9 Å². The zero-order chi connectivity index (χ0) is 46.4. The van der Waals surface area contributed by atoms with Gasteiger partial charge in [0.05, 0.1) is 0 Å². The molecule has 2 aromatic heterocycles. The van der Waals surface area contributed by atoms with Gasteiger partial charge < -0.3 is 0 Å². The van der Waals surface area contributed by atoms with Gasteiger partial charge >= 0.3 is 379 Å². The van der Waals surface area contributed by atoms with Crippen molar-refractivity contribution in [3.05, 3.63) is 21.9 Å². The molecule has 0 fully saturated rings. The molecule has 2 heterocycles. The molecule has 0 N–H and O–H groups in total. The Morgan fingerprint density at radius 2 is 0.562 bits per heavy atom. The summed E-state index contributed by atoms with van der Waals surface area (Å²) in [5, 5.41) is 0. The molecule has 0 saturated carbocycles. The van der Waals surface area contributed by atoms with E-state index in [0.717, 1.165) is 0 Å². The summed E-state index contributed by atoms with van der Waals surface area (Å²) in [7, 11) is 0. The first-order valence-electron chi connectivity index (χ1n) is 28.6. The fraction of sp³-hybridized carbons (Fsp3) is 0.828. The van der Waals surface area contributed by atoms with Gasteiger partial charge in [0.15, 0.2) is 0 Å². The summed E-state index contributed by atoms with van der Waals surface area (Å²) < 4.78 is 13.3. The maximum absolute atomic E-state index is 2.84. The van der Waals surface area contributed by atoms with Gasteiger partial charge in [-0.3, -0.25) is 0 Å². The molecule has 0 aliphatic heterocycles. The monoisotopic (exact) mass is 1170 g/mol. The van der Waals surface area contributed by atoms with Gasteiger partial charge in [0.1, 0.15) is 0 Å². The van der Waals surface area contributed by atoms with Crippen LogP contribution in [0.25, 0.3) is 12.2 Å². The summed E-state index contributed by atoms with van der Waals surface area (Å²) in [6, 6.07) is 5.68. The Morgan fingerprint density at radius 1 is 0.328 bits per heavy atom. The first-order valence-corrected chi connectivity index (χ1v) is 47.2. The van der Waals surface area contributed by atoms with Crippen molar-refractivity contribution in [2.45, 2.75) is 297 Å². The molecule has 2 aromatic rings. The number of thiophene rings is 2. The second-order valence-electron chi connectivity index (χ2n) is 20.3. The number of rotatable bonds is 46. The predicted octanol–water partition coefficient (Wildman–Crippen LogP) is 22.1.